The fraction of sp³-hybridized carbons (Fsp3) is 0.0500. The predicted octanol–water partition coefficient (Wildman–Crippen LogP) is 4.99. The van der Waals surface area contributed by atoms with Crippen molar-refractivity contribution in [2.24, 2.45) is 0 Å². The minimum Gasteiger partial charge on any atom is -0.338 e. The zero-order chi connectivity index (χ0) is 19.0. The Hall–Kier alpha value is -2.83. The second-order valence-electron chi connectivity index (χ2n) is 6.15. The van der Waals surface area contributed by atoms with E-state index in [0.717, 1.165) is 5.56 Å². The number of imidazole rings is 1. The average Bonchev–Trinajstić information content (AvgIpc) is 3.09. The number of H-pyrrole nitrogens is 1. The first-order chi connectivity index (χ1) is 12.9. The quantitative estimate of drug-likeness (QED) is 0.509. The first-order valence-electron chi connectivity index (χ1n) is 8.27. The van der Waals surface area contributed by atoms with E-state index >= 15 is 0 Å². The van der Waals surface area contributed by atoms with Gasteiger partial charge in [-0.3, -0.25) is 4.72 Å². The number of rotatable bonds is 4. The van der Waals surface area contributed by atoms with E-state index in [1.54, 1.807) is 43.3 Å². The van der Waals surface area contributed by atoms with Gasteiger partial charge >= 0.3 is 0 Å². The van der Waals surface area contributed by atoms with Gasteiger partial charge in [0.1, 0.15) is 5.82 Å². The average molecular weight is 398 g/mol. The number of aromatic amines is 1. The Bertz CT molecular complexity index is 1230. The molecular weight excluding hydrogens is 382 g/mol. The first-order valence-corrected chi connectivity index (χ1v) is 10.1. The first kappa shape index (κ1) is 17.6. The van der Waals surface area contributed by atoms with Gasteiger partial charge in [-0.25, -0.2) is 13.4 Å². The fourth-order valence-corrected chi connectivity index (χ4v) is 4.13. The molecule has 0 fully saturated rings. The van der Waals surface area contributed by atoms with Crippen molar-refractivity contribution in [3.63, 3.8) is 0 Å². The Morgan fingerprint density at radius 1 is 1.00 bits per heavy atom. The van der Waals surface area contributed by atoms with E-state index < -0.39 is 10.0 Å². The molecule has 7 heteroatoms. The number of fused-ring (bicyclic) bond motifs is 1. The number of nitrogens with zero attached hydrogens (tertiary/aromatic N) is 1. The highest BCUT2D eigenvalue weighted by atomic mass is 35.5. The SMILES string of the molecule is Cc1c(Cl)cccc1NS(=O)(=O)c1ccc2nc(-c3ccccc3)[nH]c2c1. The van der Waals surface area contributed by atoms with Crippen LogP contribution in [0.2, 0.25) is 5.02 Å². The van der Waals surface area contributed by atoms with Gasteiger partial charge in [-0.2, -0.15) is 0 Å². The molecule has 0 bridgehead atoms. The van der Waals surface area contributed by atoms with Gasteiger partial charge in [-0.15, -0.1) is 0 Å². The molecule has 27 heavy (non-hydrogen) atoms. The largest absolute Gasteiger partial charge is 0.338 e. The van der Waals surface area contributed by atoms with E-state index in [0.29, 0.717) is 33.1 Å². The minimum atomic E-state index is -3.76. The number of nitrogens with one attached hydrogen (secondary N) is 2. The molecule has 0 atom stereocenters. The molecule has 0 aliphatic carbocycles. The molecule has 0 spiro atoms. The maximum absolute atomic E-state index is 12.8. The summed E-state index contributed by atoms with van der Waals surface area (Å²) in [4.78, 5) is 7.86. The van der Waals surface area contributed by atoms with Crippen molar-refractivity contribution in [2.75, 3.05) is 4.72 Å². The molecule has 0 amide bonds. The van der Waals surface area contributed by atoms with Crippen molar-refractivity contribution >= 4 is 38.3 Å². The molecule has 0 unspecified atom stereocenters. The number of hydrogen-bond acceptors (Lipinski definition) is 3. The lowest BCUT2D eigenvalue weighted by atomic mass is 10.2. The van der Waals surface area contributed by atoms with Crippen molar-refractivity contribution in [2.45, 2.75) is 11.8 Å². The zero-order valence-corrected chi connectivity index (χ0v) is 16.0. The van der Waals surface area contributed by atoms with E-state index in [9.17, 15) is 8.42 Å². The molecule has 4 rings (SSSR count). The third-order valence-corrected chi connectivity index (χ3v) is 6.10. The van der Waals surface area contributed by atoms with Crippen LogP contribution in [-0.2, 0) is 10.0 Å². The van der Waals surface area contributed by atoms with Gasteiger partial charge in [-0.05, 0) is 42.8 Å². The summed E-state index contributed by atoms with van der Waals surface area (Å²) in [6, 6.07) is 19.6. The molecule has 2 N–H and O–H groups in total. The predicted molar refractivity (Wildman–Crippen MR) is 109 cm³/mol. The fourth-order valence-electron chi connectivity index (χ4n) is 2.81. The highest BCUT2D eigenvalue weighted by molar-refractivity contribution is 7.92. The van der Waals surface area contributed by atoms with Crippen LogP contribution >= 0.6 is 11.6 Å². The van der Waals surface area contributed by atoms with Gasteiger partial charge in [0.05, 0.1) is 21.6 Å². The number of halogens is 1. The Balaban J connectivity index is 1.71. The molecular formula is C20H16ClN3O2S. The monoisotopic (exact) mass is 397 g/mol. The molecule has 1 aromatic heterocycles. The summed E-state index contributed by atoms with van der Waals surface area (Å²) in [5.41, 5.74) is 3.42. The van der Waals surface area contributed by atoms with Gasteiger partial charge in [0.2, 0.25) is 0 Å². The molecule has 0 radical (unpaired) electrons. The molecule has 3 aromatic carbocycles. The van der Waals surface area contributed by atoms with Crippen molar-refractivity contribution in [3.05, 3.63) is 77.3 Å². The van der Waals surface area contributed by atoms with Crippen molar-refractivity contribution < 1.29 is 8.42 Å². The van der Waals surface area contributed by atoms with Gasteiger partial charge in [-0.1, -0.05) is 48.0 Å². The molecule has 0 saturated carbocycles. The third kappa shape index (κ3) is 3.41. The highest BCUT2D eigenvalue weighted by Crippen LogP contribution is 2.27. The van der Waals surface area contributed by atoms with E-state index in [1.807, 2.05) is 30.3 Å². The number of hydrogen-bond donors (Lipinski definition) is 2. The Kier molecular flexibility index (Phi) is 4.37. The normalized spacial score (nSPS) is 11.6. The molecule has 1 heterocycles. The summed E-state index contributed by atoms with van der Waals surface area (Å²) in [5.74, 6) is 0.693. The van der Waals surface area contributed by atoms with Crippen LogP contribution in [0.15, 0.2) is 71.6 Å². The van der Waals surface area contributed by atoms with Gasteiger partial charge in [0, 0.05) is 10.6 Å². The highest BCUT2D eigenvalue weighted by Gasteiger charge is 2.17. The summed E-state index contributed by atoms with van der Waals surface area (Å²) in [7, 11) is -3.76. The summed E-state index contributed by atoms with van der Waals surface area (Å²) in [6.45, 7) is 1.77. The number of benzene rings is 3. The smallest absolute Gasteiger partial charge is 0.261 e. The van der Waals surface area contributed by atoms with E-state index in [-0.39, 0.29) is 4.90 Å². The number of sulfonamides is 1. The van der Waals surface area contributed by atoms with Gasteiger partial charge in [0.15, 0.2) is 0 Å². The molecule has 4 aromatic rings. The lowest BCUT2D eigenvalue weighted by molar-refractivity contribution is 0.601. The van der Waals surface area contributed by atoms with E-state index in [2.05, 4.69) is 14.7 Å². The van der Waals surface area contributed by atoms with Gasteiger partial charge < -0.3 is 4.98 Å². The molecule has 5 nitrogen and oxygen atoms in total. The second kappa shape index (κ2) is 6.72. The maximum atomic E-state index is 12.8. The summed E-state index contributed by atoms with van der Waals surface area (Å²) < 4.78 is 28.2. The molecule has 0 saturated heterocycles. The van der Waals surface area contributed by atoms with Gasteiger partial charge in [0.25, 0.3) is 10.0 Å². The summed E-state index contributed by atoms with van der Waals surface area (Å²) in [6.07, 6.45) is 0. The molecule has 0 aliphatic rings. The van der Waals surface area contributed by atoms with Crippen LogP contribution in [0.4, 0.5) is 5.69 Å². The van der Waals surface area contributed by atoms with E-state index in [4.69, 9.17) is 11.6 Å². The Labute approximate surface area is 162 Å². The third-order valence-electron chi connectivity index (χ3n) is 4.32. The van der Waals surface area contributed by atoms with Crippen LogP contribution < -0.4 is 4.72 Å². The van der Waals surface area contributed by atoms with Crippen molar-refractivity contribution in [1.29, 1.82) is 0 Å². The maximum Gasteiger partial charge on any atom is 0.261 e. The Morgan fingerprint density at radius 2 is 1.78 bits per heavy atom. The van der Waals surface area contributed by atoms with Crippen molar-refractivity contribution in [3.8, 4) is 11.4 Å². The number of anilines is 1. The van der Waals surface area contributed by atoms with Crippen LogP contribution in [0, 0.1) is 6.92 Å². The minimum absolute atomic E-state index is 0.151. The van der Waals surface area contributed by atoms with Crippen LogP contribution in [-0.4, -0.2) is 18.4 Å². The summed E-state index contributed by atoms with van der Waals surface area (Å²) >= 11 is 6.08. The zero-order valence-electron chi connectivity index (χ0n) is 14.4. The van der Waals surface area contributed by atoms with Crippen LogP contribution in [0.1, 0.15) is 5.56 Å². The Morgan fingerprint density at radius 3 is 2.56 bits per heavy atom. The molecule has 0 aliphatic heterocycles. The van der Waals surface area contributed by atoms with Crippen LogP contribution in [0.3, 0.4) is 0 Å². The standard InChI is InChI=1S/C20H16ClN3O2S/c1-13-16(21)8-5-9-17(13)24-27(25,26)15-10-11-18-19(12-15)23-20(22-18)14-6-3-2-4-7-14/h2-12,24H,1H3,(H,22,23). The van der Waals surface area contributed by atoms with Crippen LogP contribution in [0.25, 0.3) is 22.4 Å². The van der Waals surface area contributed by atoms with E-state index in [1.165, 1.54) is 0 Å². The molecule has 136 valence electrons. The van der Waals surface area contributed by atoms with Crippen molar-refractivity contribution in [1.82, 2.24) is 9.97 Å². The van der Waals surface area contributed by atoms with Crippen LogP contribution in [0.5, 0.6) is 0 Å². The number of aromatic nitrogens is 2. The second-order valence-corrected chi connectivity index (χ2v) is 8.24. The lowest BCUT2D eigenvalue weighted by Gasteiger charge is -2.11. The topological polar surface area (TPSA) is 74.8 Å². The lowest BCUT2D eigenvalue weighted by Crippen LogP contribution is -2.13. The summed E-state index contributed by atoms with van der Waals surface area (Å²) in [5, 5.41) is 0.506.